The molecule has 2 heterocycles. The summed E-state index contributed by atoms with van der Waals surface area (Å²) in [6, 6.07) is 7.82. The molecule has 1 saturated heterocycles. The first-order chi connectivity index (χ1) is 12.7. The van der Waals surface area contributed by atoms with Crippen LogP contribution in [0.25, 0.3) is 0 Å². The Morgan fingerprint density at radius 2 is 2.23 bits per heavy atom. The number of hydrogen-bond acceptors (Lipinski definition) is 6. The van der Waals surface area contributed by atoms with Gasteiger partial charge in [-0.15, -0.1) is 11.3 Å². The summed E-state index contributed by atoms with van der Waals surface area (Å²) in [6.45, 7) is 4.83. The number of aromatic nitrogens is 1. The van der Waals surface area contributed by atoms with Crippen LogP contribution in [0.1, 0.15) is 22.7 Å². The molecule has 140 valence electrons. The molecule has 0 saturated carbocycles. The minimum absolute atomic E-state index is 0.0396. The third kappa shape index (κ3) is 5.79. The summed E-state index contributed by atoms with van der Waals surface area (Å²) in [7, 11) is 1.65. The first-order valence-corrected chi connectivity index (χ1v) is 9.74. The smallest absolute Gasteiger partial charge is 0.220 e. The van der Waals surface area contributed by atoms with Crippen molar-refractivity contribution in [2.24, 2.45) is 0 Å². The summed E-state index contributed by atoms with van der Waals surface area (Å²) < 4.78 is 10.6. The van der Waals surface area contributed by atoms with Crippen LogP contribution >= 0.6 is 11.3 Å². The quantitative estimate of drug-likeness (QED) is 0.767. The van der Waals surface area contributed by atoms with Crippen molar-refractivity contribution in [1.29, 1.82) is 0 Å². The fourth-order valence-corrected chi connectivity index (χ4v) is 3.56. The highest BCUT2D eigenvalue weighted by atomic mass is 32.1. The van der Waals surface area contributed by atoms with Crippen LogP contribution in [0, 0.1) is 0 Å². The number of carbonyl (C=O) groups excluding carboxylic acids is 1. The van der Waals surface area contributed by atoms with Crippen LogP contribution in [-0.2, 0) is 29.0 Å². The van der Waals surface area contributed by atoms with Crippen LogP contribution in [0.15, 0.2) is 29.6 Å². The van der Waals surface area contributed by atoms with Crippen molar-refractivity contribution in [2.45, 2.75) is 25.9 Å². The average Bonchev–Trinajstić information content (AvgIpc) is 3.13. The Hall–Kier alpha value is -1.96. The first kappa shape index (κ1) is 18.8. The number of nitrogens with zero attached hydrogens (tertiary/aromatic N) is 2. The number of carbonyl (C=O) groups is 1. The number of rotatable bonds is 8. The van der Waals surface area contributed by atoms with E-state index in [-0.39, 0.29) is 5.91 Å². The van der Waals surface area contributed by atoms with Gasteiger partial charge in [0.1, 0.15) is 10.8 Å². The summed E-state index contributed by atoms with van der Waals surface area (Å²) in [5.41, 5.74) is 2.17. The molecule has 0 unspecified atom stereocenters. The SMILES string of the molecule is COc1cccc(CCC(=O)NCc2nc(CN3CCOCC3)cs2)c1. The Labute approximate surface area is 158 Å². The van der Waals surface area contributed by atoms with Crippen molar-refractivity contribution < 1.29 is 14.3 Å². The lowest BCUT2D eigenvalue weighted by atomic mass is 10.1. The molecule has 0 radical (unpaired) electrons. The number of hydrogen-bond donors (Lipinski definition) is 1. The van der Waals surface area contributed by atoms with Crippen molar-refractivity contribution in [3.05, 3.63) is 45.9 Å². The normalized spacial score (nSPS) is 15.0. The second-order valence-electron chi connectivity index (χ2n) is 6.25. The molecule has 3 rings (SSSR count). The molecule has 1 fully saturated rings. The van der Waals surface area contributed by atoms with E-state index >= 15 is 0 Å². The van der Waals surface area contributed by atoms with E-state index in [9.17, 15) is 4.79 Å². The molecule has 2 aromatic rings. The minimum atomic E-state index is 0.0396. The van der Waals surface area contributed by atoms with Gasteiger partial charge in [0.15, 0.2) is 0 Å². The zero-order chi connectivity index (χ0) is 18.2. The van der Waals surface area contributed by atoms with Crippen molar-refractivity contribution in [3.63, 3.8) is 0 Å². The number of ether oxygens (including phenoxy) is 2. The third-order valence-corrected chi connectivity index (χ3v) is 5.20. The van der Waals surface area contributed by atoms with E-state index in [1.165, 1.54) is 0 Å². The van der Waals surface area contributed by atoms with Crippen molar-refractivity contribution in [1.82, 2.24) is 15.2 Å². The second kappa shape index (κ2) is 9.66. The predicted octanol–water partition coefficient (Wildman–Crippen LogP) is 2.23. The Kier molecular flexibility index (Phi) is 6.99. The lowest BCUT2D eigenvalue weighted by Gasteiger charge is -2.25. The van der Waals surface area contributed by atoms with E-state index < -0.39 is 0 Å². The van der Waals surface area contributed by atoms with E-state index in [1.807, 2.05) is 24.3 Å². The van der Waals surface area contributed by atoms with Gasteiger partial charge in [0, 0.05) is 31.4 Å². The van der Waals surface area contributed by atoms with Crippen LogP contribution in [0.4, 0.5) is 0 Å². The molecule has 0 aliphatic carbocycles. The largest absolute Gasteiger partial charge is 0.497 e. The van der Waals surface area contributed by atoms with Gasteiger partial charge in [-0.2, -0.15) is 0 Å². The summed E-state index contributed by atoms with van der Waals surface area (Å²) in [4.78, 5) is 19.0. The molecule has 1 amide bonds. The zero-order valence-corrected chi connectivity index (χ0v) is 15.9. The maximum Gasteiger partial charge on any atom is 0.220 e. The highest BCUT2D eigenvalue weighted by Gasteiger charge is 2.13. The minimum Gasteiger partial charge on any atom is -0.497 e. The van der Waals surface area contributed by atoms with Crippen LogP contribution in [0.3, 0.4) is 0 Å². The fourth-order valence-electron chi connectivity index (χ4n) is 2.84. The second-order valence-corrected chi connectivity index (χ2v) is 7.19. The topological polar surface area (TPSA) is 63.7 Å². The lowest BCUT2D eigenvalue weighted by Crippen LogP contribution is -2.35. The number of thiazole rings is 1. The van der Waals surface area contributed by atoms with E-state index in [2.05, 4.69) is 20.6 Å². The van der Waals surface area contributed by atoms with Crippen LogP contribution in [0.5, 0.6) is 5.75 Å². The van der Waals surface area contributed by atoms with Gasteiger partial charge in [-0.05, 0) is 24.1 Å². The number of benzene rings is 1. The molecule has 0 bridgehead atoms. The Balaban J connectivity index is 1.40. The highest BCUT2D eigenvalue weighted by Crippen LogP contribution is 2.15. The molecule has 26 heavy (non-hydrogen) atoms. The lowest BCUT2D eigenvalue weighted by molar-refractivity contribution is -0.121. The number of morpholine rings is 1. The standard InChI is InChI=1S/C19H25N3O3S/c1-24-17-4-2-3-15(11-17)5-6-18(23)20-12-19-21-16(14-26-19)13-22-7-9-25-10-8-22/h2-4,11,14H,5-10,12-13H2,1H3,(H,20,23). The molecule has 7 heteroatoms. The van der Waals surface area contributed by atoms with E-state index in [0.717, 1.165) is 54.9 Å². The predicted molar refractivity (Wildman–Crippen MR) is 101 cm³/mol. The van der Waals surface area contributed by atoms with Gasteiger partial charge in [0.05, 0.1) is 32.6 Å². The molecule has 1 aromatic carbocycles. The highest BCUT2D eigenvalue weighted by molar-refractivity contribution is 7.09. The molecule has 1 aromatic heterocycles. The number of methoxy groups -OCH3 is 1. The van der Waals surface area contributed by atoms with Gasteiger partial charge in [0.2, 0.25) is 5.91 Å². The number of amides is 1. The van der Waals surface area contributed by atoms with E-state index in [0.29, 0.717) is 19.4 Å². The van der Waals surface area contributed by atoms with E-state index in [4.69, 9.17) is 9.47 Å². The van der Waals surface area contributed by atoms with Gasteiger partial charge in [-0.1, -0.05) is 12.1 Å². The molecule has 1 N–H and O–H groups in total. The maximum absolute atomic E-state index is 12.1. The Morgan fingerprint density at radius 1 is 1.38 bits per heavy atom. The monoisotopic (exact) mass is 375 g/mol. The van der Waals surface area contributed by atoms with Gasteiger partial charge in [0.25, 0.3) is 0 Å². The Bertz CT molecular complexity index is 714. The molecular formula is C19H25N3O3S. The average molecular weight is 375 g/mol. The van der Waals surface area contributed by atoms with Crippen LogP contribution in [-0.4, -0.2) is 49.2 Å². The van der Waals surface area contributed by atoms with Crippen molar-refractivity contribution in [3.8, 4) is 5.75 Å². The van der Waals surface area contributed by atoms with Gasteiger partial charge in [-0.25, -0.2) is 4.98 Å². The molecule has 1 aliphatic heterocycles. The van der Waals surface area contributed by atoms with Gasteiger partial charge >= 0.3 is 0 Å². The molecule has 0 atom stereocenters. The Morgan fingerprint density at radius 3 is 3.04 bits per heavy atom. The summed E-state index contributed by atoms with van der Waals surface area (Å²) in [6.07, 6.45) is 1.16. The number of aryl methyl sites for hydroxylation is 1. The molecular weight excluding hydrogens is 350 g/mol. The van der Waals surface area contributed by atoms with Gasteiger partial charge < -0.3 is 14.8 Å². The summed E-state index contributed by atoms with van der Waals surface area (Å²) in [5, 5.41) is 5.98. The van der Waals surface area contributed by atoms with Crippen LogP contribution in [0.2, 0.25) is 0 Å². The third-order valence-electron chi connectivity index (χ3n) is 4.30. The van der Waals surface area contributed by atoms with Crippen LogP contribution < -0.4 is 10.1 Å². The maximum atomic E-state index is 12.1. The zero-order valence-electron chi connectivity index (χ0n) is 15.1. The molecule has 0 spiro atoms. The number of nitrogens with one attached hydrogen (secondary N) is 1. The van der Waals surface area contributed by atoms with Crippen molar-refractivity contribution >= 4 is 17.2 Å². The molecule has 1 aliphatic rings. The summed E-state index contributed by atoms with van der Waals surface area (Å²) in [5.74, 6) is 0.858. The van der Waals surface area contributed by atoms with E-state index in [1.54, 1.807) is 18.4 Å². The van der Waals surface area contributed by atoms with Gasteiger partial charge in [-0.3, -0.25) is 9.69 Å². The summed E-state index contributed by atoms with van der Waals surface area (Å²) >= 11 is 1.60. The molecule has 6 nitrogen and oxygen atoms in total. The first-order valence-electron chi connectivity index (χ1n) is 8.86. The van der Waals surface area contributed by atoms with Crippen molar-refractivity contribution in [2.75, 3.05) is 33.4 Å². The fraction of sp³-hybridized carbons (Fsp3) is 0.474.